The van der Waals surface area contributed by atoms with Crippen LogP contribution in [0.15, 0.2) is 0 Å². The zero-order valence-electron chi connectivity index (χ0n) is 10.7. The van der Waals surface area contributed by atoms with E-state index in [0.717, 1.165) is 6.26 Å². The van der Waals surface area contributed by atoms with Crippen LogP contribution in [0.1, 0.15) is 27.7 Å². The molecule has 0 saturated carbocycles. The minimum atomic E-state index is -3.45. The Bertz CT molecular complexity index is 374. The maximum atomic E-state index is 12.1. The SMILES string of the molecule is CN(C(=O)C(C)(C)S(C)(=O)=O)C(C)(C)CCl. The van der Waals surface area contributed by atoms with Gasteiger partial charge in [0, 0.05) is 19.2 Å². The molecule has 0 fully saturated rings. The zero-order valence-corrected chi connectivity index (χ0v) is 12.2. The van der Waals surface area contributed by atoms with Gasteiger partial charge in [0.25, 0.3) is 0 Å². The maximum absolute atomic E-state index is 12.1. The number of halogens is 1. The van der Waals surface area contributed by atoms with E-state index in [1.807, 2.05) is 0 Å². The smallest absolute Gasteiger partial charge is 0.243 e. The normalized spacial score (nSPS) is 13.7. The van der Waals surface area contributed by atoms with Crippen molar-refractivity contribution < 1.29 is 13.2 Å². The summed E-state index contributed by atoms with van der Waals surface area (Å²) in [5, 5.41) is 0. The van der Waals surface area contributed by atoms with Crippen molar-refractivity contribution in [3.05, 3.63) is 0 Å². The fourth-order valence-corrected chi connectivity index (χ4v) is 1.56. The Labute approximate surface area is 103 Å². The van der Waals surface area contributed by atoms with Crippen LogP contribution in [0.2, 0.25) is 0 Å². The molecule has 96 valence electrons. The van der Waals surface area contributed by atoms with Crippen molar-refractivity contribution in [2.45, 2.75) is 38.0 Å². The molecule has 0 aliphatic heterocycles. The molecule has 0 heterocycles. The van der Waals surface area contributed by atoms with Gasteiger partial charge in [-0.15, -0.1) is 11.6 Å². The highest BCUT2D eigenvalue weighted by molar-refractivity contribution is 7.92. The molecule has 0 unspecified atom stereocenters. The van der Waals surface area contributed by atoms with Crippen LogP contribution in [0.25, 0.3) is 0 Å². The molecule has 0 radical (unpaired) electrons. The van der Waals surface area contributed by atoms with Crippen molar-refractivity contribution in [1.82, 2.24) is 4.90 Å². The van der Waals surface area contributed by atoms with Crippen LogP contribution in [0, 0.1) is 0 Å². The standard InChI is InChI=1S/C10H20ClNO3S/c1-9(2,7-11)12(5)8(13)10(3,4)16(6,14)15/h7H2,1-6H3. The van der Waals surface area contributed by atoms with Gasteiger partial charge in [0.15, 0.2) is 9.84 Å². The largest absolute Gasteiger partial charge is 0.338 e. The van der Waals surface area contributed by atoms with Crippen molar-refractivity contribution in [2.75, 3.05) is 19.2 Å². The van der Waals surface area contributed by atoms with Gasteiger partial charge in [-0.2, -0.15) is 0 Å². The molecular formula is C10H20ClNO3S. The molecule has 0 atom stereocenters. The molecule has 1 amide bonds. The molecule has 0 bridgehead atoms. The predicted octanol–water partition coefficient (Wildman–Crippen LogP) is 1.29. The summed E-state index contributed by atoms with van der Waals surface area (Å²) in [6.45, 7) is 6.39. The third-order valence-electron chi connectivity index (χ3n) is 2.98. The van der Waals surface area contributed by atoms with E-state index in [1.54, 1.807) is 20.9 Å². The second-order valence-corrected chi connectivity index (χ2v) is 7.92. The van der Waals surface area contributed by atoms with Crippen LogP contribution < -0.4 is 0 Å². The van der Waals surface area contributed by atoms with Crippen LogP contribution in [-0.4, -0.2) is 48.7 Å². The Morgan fingerprint density at radius 3 is 1.88 bits per heavy atom. The molecule has 0 aromatic rings. The van der Waals surface area contributed by atoms with E-state index in [4.69, 9.17) is 11.6 Å². The topological polar surface area (TPSA) is 54.5 Å². The highest BCUT2D eigenvalue weighted by atomic mass is 35.5. The Hall–Kier alpha value is -0.290. The molecule has 0 aromatic heterocycles. The number of carbonyl (C=O) groups excluding carboxylic acids is 1. The number of hydrogen-bond donors (Lipinski definition) is 0. The van der Waals surface area contributed by atoms with Crippen LogP contribution >= 0.6 is 11.6 Å². The summed E-state index contributed by atoms with van der Waals surface area (Å²) < 4.78 is 21.6. The molecule has 0 spiro atoms. The van der Waals surface area contributed by atoms with E-state index in [2.05, 4.69) is 0 Å². The van der Waals surface area contributed by atoms with E-state index in [0.29, 0.717) is 0 Å². The number of alkyl halides is 1. The average molecular weight is 270 g/mol. The maximum Gasteiger partial charge on any atom is 0.243 e. The number of hydrogen-bond acceptors (Lipinski definition) is 3. The van der Waals surface area contributed by atoms with E-state index < -0.39 is 26.0 Å². The van der Waals surface area contributed by atoms with E-state index in [1.165, 1.54) is 18.7 Å². The third-order valence-corrected chi connectivity index (χ3v) is 5.66. The summed E-state index contributed by atoms with van der Waals surface area (Å²) in [4.78, 5) is 13.5. The van der Waals surface area contributed by atoms with Gasteiger partial charge in [0.2, 0.25) is 5.91 Å². The zero-order chi connectivity index (χ0) is 13.4. The second kappa shape index (κ2) is 4.53. The number of nitrogens with zero attached hydrogens (tertiary/aromatic N) is 1. The lowest BCUT2D eigenvalue weighted by atomic mass is 10.0. The first-order valence-corrected chi connectivity index (χ1v) is 7.34. The van der Waals surface area contributed by atoms with Crippen molar-refractivity contribution in [3.8, 4) is 0 Å². The molecule has 0 aromatic carbocycles. The van der Waals surface area contributed by atoms with Crippen molar-refractivity contribution >= 4 is 27.3 Å². The van der Waals surface area contributed by atoms with Gasteiger partial charge in [-0.05, 0) is 27.7 Å². The molecule has 6 heteroatoms. The number of carbonyl (C=O) groups is 1. The lowest BCUT2D eigenvalue weighted by molar-refractivity contribution is -0.135. The Morgan fingerprint density at radius 2 is 1.62 bits per heavy atom. The Morgan fingerprint density at radius 1 is 1.25 bits per heavy atom. The number of amides is 1. The highest BCUT2D eigenvalue weighted by Gasteiger charge is 2.43. The molecule has 0 aliphatic rings. The quantitative estimate of drug-likeness (QED) is 0.723. The van der Waals surface area contributed by atoms with Crippen LogP contribution in [0.5, 0.6) is 0 Å². The van der Waals surface area contributed by atoms with E-state index in [-0.39, 0.29) is 5.88 Å². The minimum Gasteiger partial charge on any atom is -0.338 e. The Kier molecular flexibility index (Phi) is 4.45. The molecule has 0 rings (SSSR count). The third kappa shape index (κ3) is 2.88. The van der Waals surface area contributed by atoms with Gasteiger partial charge >= 0.3 is 0 Å². The first-order chi connectivity index (χ1) is 6.88. The fourth-order valence-electron chi connectivity index (χ4n) is 0.927. The molecule has 4 nitrogen and oxygen atoms in total. The molecule has 16 heavy (non-hydrogen) atoms. The summed E-state index contributed by atoms with van der Waals surface area (Å²) >= 11 is 5.75. The van der Waals surface area contributed by atoms with E-state index in [9.17, 15) is 13.2 Å². The van der Waals surface area contributed by atoms with Crippen LogP contribution in [0.3, 0.4) is 0 Å². The van der Waals surface area contributed by atoms with Crippen LogP contribution in [-0.2, 0) is 14.6 Å². The number of rotatable bonds is 4. The van der Waals surface area contributed by atoms with Crippen molar-refractivity contribution in [1.29, 1.82) is 0 Å². The van der Waals surface area contributed by atoms with Gasteiger partial charge in [0.05, 0.1) is 5.54 Å². The summed E-state index contributed by atoms with van der Waals surface area (Å²) in [6, 6.07) is 0. The fraction of sp³-hybridized carbons (Fsp3) is 0.900. The van der Waals surface area contributed by atoms with Gasteiger partial charge < -0.3 is 4.90 Å². The predicted molar refractivity (Wildman–Crippen MR) is 66.5 cm³/mol. The monoisotopic (exact) mass is 269 g/mol. The highest BCUT2D eigenvalue weighted by Crippen LogP contribution is 2.23. The summed E-state index contributed by atoms with van der Waals surface area (Å²) in [5.41, 5.74) is -0.569. The molecule has 0 saturated heterocycles. The first kappa shape index (κ1) is 15.7. The minimum absolute atomic E-state index is 0.245. The Balaban J connectivity index is 5.26. The van der Waals surface area contributed by atoms with Gasteiger partial charge in [-0.1, -0.05) is 0 Å². The van der Waals surface area contributed by atoms with Crippen LogP contribution in [0.4, 0.5) is 0 Å². The molecular weight excluding hydrogens is 250 g/mol. The summed E-state index contributed by atoms with van der Waals surface area (Å²) in [5.74, 6) is -0.199. The van der Waals surface area contributed by atoms with Crippen molar-refractivity contribution in [2.24, 2.45) is 0 Å². The van der Waals surface area contributed by atoms with Gasteiger partial charge in [-0.25, -0.2) is 8.42 Å². The molecule has 0 N–H and O–H groups in total. The lowest BCUT2D eigenvalue weighted by Gasteiger charge is -2.38. The average Bonchev–Trinajstić information content (AvgIpc) is 2.13. The number of sulfone groups is 1. The lowest BCUT2D eigenvalue weighted by Crippen LogP contribution is -2.56. The second-order valence-electron chi connectivity index (χ2n) is 5.09. The van der Waals surface area contributed by atoms with Gasteiger partial charge in [0.1, 0.15) is 4.75 Å². The first-order valence-electron chi connectivity index (χ1n) is 4.92. The van der Waals surface area contributed by atoms with Gasteiger partial charge in [-0.3, -0.25) is 4.79 Å². The van der Waals surface area contributed by atoms with Crippen molar-refractivity contribution in [3.63, 3.8) is 0 Å². The van der Waals surface area contributed by atoms with E-state index >= 15 is 0 Å². The summed E-state index contributed by atoms with van der Waals surface area (Å²) in [7, 11) is -1.88. The molecule has 0 aliphatic carbocycles. The summed E-state index contributed by atoms with van der Waals surface area (Å²) in [6.07, 6.45) is 1.06.